The second-order valence-corrected chi connectivity index (χ2v) is 7.26. The molecule has 2 bridgehead atoms. The van der Waals surface area contributed by atoms with Gasteiger partial charge in [0.25, 0.3) is 0 Å². The number of hydrogen-bond donors (Lipinski definition) is 2. The molecule has 6 atom stereocenters. The second kappa shape index (κ2) is 3.65. The molecule has 4 fully saturated rings. The lowest BCUT2D eigenvalue weighted by atomic mass is 9.45. The average Bonchev–Trinajstić information content (AvgIpc) is 2.80. The molecular weight excluding hydrogens is 270 g/mol. The smallest absolute Gasteiger partial charge is 0.165 e. The van der Waals surface area contributed by atoms with E-state index in [2.05, 4.69) is 5.32 Å². The van der Waals surface area contributed by atoms with Crippen LogP contribution in [-0.2, 0) is 14.3 Å². The quantitative estimate of drug-likeness (QED) is 0.619. The van der Waals surface area contributed by atoms with E-state index in [1.807, 2.05) is 6.08 Å². The highest BCUT2D eigenvalue weighted by atomic mass is 16.5. The van der Waals surface area contributed by atoms with Crippen LogP contribution in [0.3, 0.4) is 0 Å². The van der Waals surface area contributed by atoms with Crippen LogP contribution in [0.4, 0.5) is 0 Å². The van der Waals surface area contributed by atoms with Crippen molar-refractivity contribution < 1.29 is 19.4 Å². The monoisotopic (exact) mass is 289 g/mol. The van der Waals surface area contributed by atoms with Crippen molar-refractivity contribution >= 4 is 11.6 Å². The minimum Gasteiger partial charge on any atom is -0.388 e. The Hall–Kier alpha value is -1.04. The van der Waals surface area contributed by atoms with Crippen LogP contribution in [0.5, 0.6) is 0 Å². The Kier molecular flexibility index (Phi) is 2.17. The summed E-state index contributed by atoms with van der Waals surface area (Å²) in [6.45, 7) is 0.783. The Bertz CT molecular complexity index is 599. The van der Waals surface area contributed by atoms with Crippen LogP contribution in [0, 0.1) is 11.3 Å². The van der Waals surface area contributed by atoms with E-state index in [9.17, 15) is 14.7 Å². The number of piperidine rings is 1. The molecule has 2 saturated heterocycles. The van der Waals surface area contributed by atoms with Crippen LogP contribution in [0.1, 0.15) is 32.1 Å². The van der Waals surface area contributed by atoms with Gasteiger partial charge < -0.3 is 15.2 Å². The van der Waals surface area contributed by atoms with Gasteiger partial charge in [-0.05, 0) is 25.8 Å². The number of allylic oxidation sites excluding steroid dienone is 1. The number of Topliss-reactive ketones (excluding diaryl/α,β-unsaturated/α-hetero) is 2. The zero-order valence-electron chi connectivity index (χ0n) is 11.8. The molecule has 1 spiro atoms. The van der Waals surface area contributed by atoms with E-state index in [1.54, 1.807) is 0 Å². The first-order valence-electron chi connectivity index (χ1n) is 7.93. The molecule has 5 nitrogen and oxygen atoms in total. The zero-order chi connectivity index (χ0) is 14.4. The molecule has 0 aromatic rings. The standard InChI is InChI=1S/C16H19NO4/c18-9-2-1-8-7-11-16(20)4-3-10(19)14-15(16,5-6-17-11)12(8)13(9)21-14/h1,11-14,17,20H,2-7H2. The first-order chi connectivity index (χ1) is 10.1. The van der Waals surface area contributed by atoms with E-state index in [0.717, 1.165) is 13.0 Å². The SMILES string of the molecule is O=C1CC=C2CC3NCCC45C(OC1C24)C(=O)CCC35O. The summed E-state index contributed by atoms with van der Waals surface area (Å²) in [4.78, 5) is 24.7. The van der Waals surface area contributed by atoms with Gasteiger partial charge in [0.2, 0.25) is 0 Å². The number of nitrogens with one attached hydrogen (secondary N) is 1. The van der Waals surface area contributed by atoms with E-state index >= 15 is 0 Å². The predicted octanol–water partition coefficient (Wildman–Crippen LogP) is 0.115. The summed E-state index contributed by atoms with van der Waals surface area (Å²) in [6, 6.07) is -0.0140. The molecular formula is C16H19NO4. The number of aliphatic hydroxyl groups is 1. The number of hydrogen-bond acceptors (Lipinski definition) is 5. The van der Waals surface area contributed by atoms with Crippen molar-refractivity contribution in [3.8, 4) is 0 Å². The average molecular weight is 289 g/mol. The van der Waals surface area contributed by atoms with Gasteiger partial charge in [-0.2, -0.15) is 0 Å². The van der Waals surface area contributed by atoms with Crippen molar-refractivity contribution in [2.45, 2.75) is 56.0 Å². The molecule has 5 rings (SSSR count). The van der Waals surface area contributed by atoms with Crippen molar-refractivity contribution in [1.29, 1.82) is 0 Å². The number of carbonyl (C=O) groups is 2. The third-order valence-electron chi connectivity index (χ3n) is 6.69. The molecule has 2 N–H and O–H groups in total. The van der Waals surface area contributed by atoms with E-state index < -0.39 is 23.2 Å². The first-order valence-corrected chi connectivity index (χ1v) is 7.93. The van der Waals surface area contributed by atoms with Gasteiger partial charge in [-0.1, -0.05) is 11.6 Å². The van der Waals surface area contributed by atoms with Gasteiger partial charge in [0.15, 0.2) is 11.6 Å². The molecule has 112 valence electrons. The van der Waals surface area contributed by atoms with Gasteiger partial charge in [0, 0.05) is 30.2 Å². The minimum absolute atomic E-state index is 0.0140. The Labute approximate surface area is 122 Å². The number of rotatable bonds is 0. The van der Waals surface area contributed by atoms with Gasteiger partial charge in [-0.15, -0.1) is 0 Å². The molecule has 5 aliphatic rings. The summed E-state index contributed by atoms with van der Waals surface area (Å²) in [7, 11) is 0. The molecule has 0 aromatic heterocycles. The summed E-state index contributed by atoms with van der Waals surface area (Å²) in [5, 5.41) is 14.9. The van der Waals surface area contributed by atoms with Crippen LogP contribution in [0.15, 0.2) is 11.6 Å². The van der Waals surface area contributed by atoms with Crippen molar-refractivity contribution in [3.63, 3.8) is 0 Å². The highest BCUT2D eigenvalue weighted by molar-refractivity contribution is 5.92. The Balaban J connectivity index is 1.78. The van der Waals surface area contributed by atoms with E-state index in [1.165, 1.54) is 5.57 Å². The maximum Gasteiger partial charge on any atom is 0.165 e. The molecule has 0 amide bonds. The Morgan fingerprint density at radius 3 is 3.00 bits per heavy atom. The van der Waals surface area contributed by atoms with E-state index in [-0.39, 0.29) is 23.5 Å². The van der Waals surface area contributed by atoms with Crippen LogP contribution in [-0.4, -0.2) is 47.1 Å². The summed E-state index contributed by atoms with van der Waals surface area (Å²) < 4.78 is 5.99. The highest BCUT2D eigenvalue weighted by Crippen LogP contribution is 2.66. The molecule has 21 heavy (non-hydrogen) atoms. The topological polar surface area (TPSA) is 75.6 Å². The van der Waals surface area contributed by atoms with Crippen molar-refractivity contribution in [3.05, 3.63) is 11.6 Å². The molecule has 2 saturated carbocycles. The normalized spacial score (nSPS) is 54.2. The molecule has 0 aromatic carbocycles. The fraction of sp³-hybridized carbons (Fsp3) is 0.750. The maximum absolute atomic E-state index is 12.5. The van der Waals surface area contributed by atoms with Crippen LogP contribution < -0.4 is 5.32 Å². The zero-order valence-corrected chi connectivity index (χ0v) is 11.8. The van der Waals surface area contributed by atoms with Crippen molar-refractivity contribution in [2.24, 2.45) is 11.3 Å². The van der Waals surface area contributed by atoms with Crippen molar-refractivity contribution in [1.82, 2.24) is 5.32 Å². The van der Waals surface area contributed by atoms with Gasteiger partial charge in [-0.3, -0.25) is 9.59 Å². The fourth-order valence-corrected chi connectivity index (χ4v) is 5.89. The first kappa shape index (κ1) is 12.5. The Morgan fingerprint density at radius 1 is 1.29 bits per heavy atom. The molecule has 6 unspecified atom stereocenters. The summed E-state index contributed by atoms with van der Waals surface area (Å²) in [5.41, 5.74) is -0.278. The number of ether oxygens (including phenoxy) is 1. The van der Waals surface area contributed by atoms with Gasteiger partial charge in [0.05, 0.1) is 5.60 Å². The number of ketones is 2. The van der Waals surface area contributed by atoms with Crippen LogP contribution >= 0.6 is 0 Å². The third kappa shape index (κ3) is 1.18. The highest BCUT2D eigenvalue weighted by Gasteiger charge is 2.76. The fourth-order valence-electron chi connectivity index (χ4n) is 5.89. The minimum atomic E-state index is -0.918. The molecule has 5 heteroatoms. The largest absolute Gasteiger partial charge is 0.388 e. The lowest BCUT2D eigenvalue weighted by molar-refractivity contribution is -0.202. The van der Waals surface area contributed by atoms with Crippen LogP contribution in [0.2, 0.25) is 0 Å². The summed E-state index contributed by atoms with van der Waals surface area (Å²) in [6.07, 6.45) is 3.65. The molecule has 2 heterocycles. The maximum atomic E-state index is 12.5. The predicted molar refractivity (Wildman–Crippen MR) is 72.5 cm³/mol. The summed E-state index contributed by atoms with van der Waals surface area (Å²) >= 11 is 0. The van der Waals surface area contributed by atoms with Crippen molar-refractivity contribution in [2.75, 3.05) is 6.54 Å². The van der Waals surface area contributed by atoms with E-state index in [0.29, 0.717) is 25.7 Å². The third-order valence-corrected chi connectivity index (χ3v) is 6.69. The molecule has 2 aliphatic heterocycles. The lowest BCUT2D eigenvalue weighted by Crippen LogP contribution is -2.75. The van der Waals surface area contributed by atoms with Gasteiger partial charge in [0.1, 0.15) is 12.2 Å². The summed E-state index contributed by atoms with van der Waals surface area (Å²) in [5.74, 6) is 0.0554. The molecule has 3 aliphatic carbocycles. The van der Waals surface area contributed by atoms with Gasteiger partial charge >= 0.3 is 0 Å². The number of carbonyl (C=O) groups excluding carboxylic acids is 2. The van der Waals surface area contributed by atoms with Crippen LogP contribution in [0.25, 0.3) is 0 Å². The lowest BCUT2D eigenvalue weighted by Gasteiger charge is -2.63. The molecule has 0 radical (unpaired) electrons. The second-order valence-electron chi connectivity index (χ2n) is 7.26. The van der Waals surface area contributed by atoms with Gasteiger partial charge in [-0.25, -0.2) is 0 Å². The van der Waals surface area contributed by atoms with E-state index in [4.69, 9.17) is 4.74 Å². The Morgan fingerprint density at radius 2 is 2.14 bits per heavy atom.